The van der Waals surface area contributed by atoms with Crippen molar-refractivity contribution in [3.63, 3.8) is 0 Å². The Hall–Kier alpha value is -2.67. The van der Waals surface area contributed by atoms with Crippen LogP contribution >= 0.6 is 0 Å². The number of hydrogen-bond donors (Lipinski definition) is 1. The highest BCUT2D eigenvalue weighted by atomic mass is 32.2. The zero-order valence-corrected chi connectivity index (χ0v) is 17.8. The van der Waals surface area contributed by atoms with Gasteiger partial charge in [0.2, 0.25) is 5.91 Å². The van der Waals surface area contributed by atoms with Crippen LogP contribution < -0.4 is 5.32 Å². The number of nitrogens with one attached hydrogen (secondary N) is 1. The molecule has 3 rings (SSSR count). The van der Waals surface area contributed by atoms with Crippen molar-refractivity contribution in [3.05, 3.63) is 29.6 Å². The second kappa shape index (κ2) is 8.60. The number of carbonyl (C=O) groups is 2. The lowest BCUT2D eigenvalue weighted by atomic mass is 9.90. The van der Waals surface area contributed by atoms with Gasteiger partial charge in [0.05, 0.1) is 11.0 Å². The number of carbonyl (C=O) groups excluding carboxylic acids is 2. The van der Waals surface area contributed by atoms with E-state index in [9.17, 15) is 22.4 Å². The van der Waals surface area contributed by atoms with Gasteiger partial charge in [-0.05, 0) is 43.9 Å². The van der Waals surface area contributed by atoms with Crippen LogP contribution in [0.2, 0.25) is 0 Å². The fourth-order valence-electron chi connectivity index (χ4n) is 4.14. The van der Waals surface area contributed by atoms with Gasteiger partial charge < -0.3 is 15.1 Å². The zero-order valence-electron chi connectivity index (χ0n) is 17.0. The highest BCUT2D eigenvalue weighted by molar-refractivity contribution is 7.90. The average molecular weight is 437 g/mol. The van der Waals surface area contributed by atoms with E-state index in [0.717, 1.165) is 12.3 Å². The molecule has 0 spiro atoms. The predicted molar refractivity (Wildman–Crippen MR) is 107 cm³/mol. The molecule has 1 aromatic rings. The molecule has 2 heterocycles. The van der Waals surface area contributed by atoms with Gasteiger partial charge >= 0.3 is 6.03 Å². The summed E-state index contributed by atoms with van der Waals surface area (Å²) in [6, 6.07) is 4.64. The molecule has 0 bridgehead atoms. The average Bonchev–Trinajstić information content (AvgIpc) is 2.95. The van der Waals surface area contributed by atoms with Crippen molar-refractivity contribution in [2.45, 2.75) is 49.1 Å². The molecule has 1 aromatic carbocycles. The topological polar surface area (TPSA) is 111 Å². The van der Waals surface area contributed by atoms with Crippen LogP contribution in [0.1, 0.15) is 37.7 Å². The first-order valence-electron chi connectivity index (χ1n) is 9.84. The number of amides is 3. The summed E-state index contributed by atoms with van der Waals surface area (Å²) in [5.74, 6) is -1.13. The summed E-state index contributed by atoms with van der Waals surface area (Å²) in [4.78, 5) is 28.1. The van der Waals surface area contributed by atoms with E-state index in [4.69, 9.17) is 5.26 Å². The van der Waals surface area contributed by atoms with E-state index in [1.165, 1.54) is 17.0 Å². The van der Waals surface area contributed by atoms with Crippen molar-refractivity contribution in [1.82, 2.24) is 15.1 Å². The smallest absolute Gasteiger partial charge is 0.318 e. The van der Waals surface area contributed by atoms with Gasteiger partial charge in [0, 0.05) is 31.3 Å². The number of piperidine rings is 1. The summed E-state index contributed by atoms with van der Waals surface area (Å²) < 4.78 is 37.8. The Labute approximate surface area is 175 Å². The maximum absolute atomic E-state index is 14.6. The lowest BCUT2D eigenvalue weighted by Gasteiger charge is -2.33. The highest BCUT2D eigenvalue weighted by Gasteiger charge is 2.39. The molecule has 3 unspecified atom stereocenters. The molecule has 2 saturated heterocycles. The Morgan fingerprint density at radius 1 is 1.40 bits per heavy atom. The van der Waals surface area contributed by atoms with E-state index in [2.05, 4.69) is 5.32 Å². The summed E-state index contributed by atoms with van der Waals surface area (Å²) in [6.45, 7) is 2.59. The first-order valence-corrected chi connectivity index (χ1v) is 11.7. The third-order valence-electron chi connectivity index (χ3n) is 5.78. The van der Waals surface area contributed by atoms with Crippen LogP contribution in [0, 0.1) is 17.1 Å². The van der Waals surface area contributed by atoms with Gasteiger partial charge in [-0.15, -0.1) is 0 Å². The molecule has 0 radical (unpaired) electrons. The van der Waals surface area contributed by atoms with E-state index in [1.54, 1.807) is 4.90 Å². The fraction of sp³-hybridized carbons (Fsp3) is 0.550. The van der Waals surface area contributed by atoms with Gasteiger partial charge in [-0.3, -0.25) is 4.79 Å². The molecule has 10 heteroatoms. The monoisotopic (exact) mass is 436 g/mol. The number of nitrogens with zero attached hydrogens (tertiary/aromatic N) is 3. The summed E-state index contributed by atoms with van der Waals surface area (Å²) in [5, 5.41) is 11.6. The van der Waals surface area contributed by atoms with Crippen LogP contribution in [0.25, 0.3) is 0 Å². The van der Waals surface area contributed by atoms with Crippen LogP contribution in [-0.2, 0) is 14.6 Å². The number of likely N-dealkylation sites (tertiary alicyclic amines) is 2. The number of rotatable bonds is 4. The van der Waals surface area contributed by atoms with Crippen LogP contribution in [0.4, 0.5) is 9.18 Å². The maximum Gasteiger partial charge on any atom is 0.318 e. The van der Waals surface area contributed by atoms with E-state index in [1.807, 2.05) is 13.0 Å². The van der Waals surface area contributed by atoms with Gasteiger partial charge in [-0.25, -0.2) is 17.6 Å². The zero-order chi connectivity index (χ0) is 22.1. The van der Waals surface area contributed by atoms with Crippen molar-refractivity contribution in [2.75, 3.05) is 25.9 Å². The molecule has 162 valence electrons. The summed E-state index contributed by atoms with van der Waals surface area (Å²) in [6.07, 6.45) is 2.80. The Bertz CT molecular complexity index is 991. The number of sulfone groups is 1. The Morgan fingerprint density at radius 3 is 2.77 bits per heavy atom. The number of urea groups is 1. The quantitative estimate of drug-likeness (QED) is 0.722. The first-order chi connectivity index (χ1) is 14.1. The standard InChI is InChI=1S/C20H25FN4O4S/c1-13-10-18(19(26)25(13)9-7-22)23-20(27)24-8-3-4-14(12-24)16-6-5-15(11-17(16)21)30(2,28)29/h5-6,11,13-14,18H,3-4,8-10,12H2,1-2H3,(H,23,27). The van der Waals surface area contributed by atoms with Gasteiger partial charge in [0.25, 0.3) is 0 Å². The van der Waals surface area contributed by atoms with Crippen molar-refractivity contribution in [2.24, 2.45) is 0 Å². The number of nitriles is 1. The molecule has 3 amide bonds. The lowest BCUT2D eigenvalue weighted by Crippen LogP contribution is -2.50. The molecule has 2 aliphatic heterocycles. The third-order valence-corrected chi connectivity index (χ3v) is 6.89. The van der Waals surface area contributed by atoms with Crippen molar-refractivity contribution < 1.29 is 22.4 Å². The summed E-state index contributed by atoms with van der Waals surface area (Å²) >= 11 is 0. The normalized spacial score (nSPS) is 24.6. The van der Waals surface area contributed by atoms with Crippen molar-refractivity contribution >= 4 is 21.8 Å². The minimum Gasteiger partial charge on any atom is -0.326 e. The van der Waals surface area contributed by atoms with Gasteiger partial charge in [0.1, 0.15) is 18.4 Å². The van der Waals surface area contributed by atoms with Gasteiger partial charge in [-0.2, -0.15) is 5.26 Å². The SMILES string of the molecule is CC1CC(NC(=O)N2CCCC(c3ccc(S(C)(=O)=O)cc3F)C2)C(=O)N1CC#N. The minimum absolute atomic E-state index is 0.0130. The van der Waals surface area contributed by atoms with Crippen molar-refractivity contribution in [3.8, 4) is 6.07 Å². The molecule has 2 fully saturated rings. The molecule has 3 atom stereocenters. The Morgan fingerprint density at radius 2 is 2.13 bits per heavy atom. The number of halogens is 1. The Balaban J connectivity index is 1.67. The van der Waals surface area contributed by atoms with Gasteiger partial charge in [0.15, 0.2) is 9.84 Å². The molecule has 1 N–H and O–H groups in total. The molecule has 0 aromatic heterocycles. The van der Waals surface area contributed by atoms with Crippen molar-refractivity contribution in [1.29, 1.82) is 5.26 Å². The van der Waals surface area contributed by atoms with E-state index in [-0.39, 0.29) is 35.9 Å². The van der Waals surface area contributed by atoms with Crippen LogP contribution in [-0.4, -0.2) is 68.1 Å². The minimum atomic E-state index is -3.50. The molecular weight excluding hydrogens is 411 g/mol. The third kappa shape index (κ3) is 4.56. The second-order valence-corrected chi connectivity index (χ2v) is 9.97. The molecule has 0 aliphatic carbocycles. The van der Waals surface area contributed by atoms with Gasteiger partial charge in [-0.1, -0.05) is 6.07 Å². The number of benzene rings is 1. The predicted octanol–water partition coefficient (Wildman–Crippen LogP) is 1.63. The highest BCUT2D eigenvalue weighted by Crippen LogP contribution is 2.30. The molecule has 2 aliphatic rings. The van der Waals surface area contributed by atoms with E-state index >= 15 is 0 Å². The summed E-state index contributed by atoms with van der Waals surface area (Å²) in [7, 11) is -3.50. The van der Waals surface area contributed by atoms with E-state index in [0.29, 0.717) is 31.4 Å². The first kappa shape index (κ1) is 22.0. The van der Waals surface area contributed by atoms with Crippen LogP contribution in [0.5, 0.6) is 0 Å². The lowest BCUT2D eigenvalue weighted by molar-refractivity contribution is -0.129. The Kier molecular flexibility index (Phi) is 6.31. The maximum atomic E-state index is 14.6. The molecule has 8 nitrogen and oxygen atoms in total. The largest absolute Gasteiger partial charge is 0.326 e. The molecule has 0 saturated carbocycles. The van der Waals surface area contributed by atoms with Crippen LogP contribution in [0.15, 0.2) is 23.1 Å². The number of hydrogen-bond acceptors (Lipinski definition) is 5. The second-order valence-electron chi connectivity index (χ2n) is 7.95. The van der Waals surface area contributed by atoms with Crippen LogP contribution in [0.3, 0.4) is 0 Å². The molecular formula is C20H25FN4O4S. The van der Waals surface area contributed by atoms with E-state index < -0.39 is 27.7 Å². The summed E-state index contributed by atoms with van der Waals surface area (Å²) in [5.41, 5.74) is 0.380. The molecule has 30 heavy (non-hydrogen) atoms. The fourth-order valence-corrected chi connectivity index (χ4v) is 4.78.